The van der Waals surface area contributed by atoms with Crippen molar-refractivity contribution < 1.29 is 9.53 Å². The second-order valence-corrected chi connectivity index (χ2v) is 5.91. The van der Waals surface area contributed by atoms with Crippen LogP contribution >= 0.6 is 0 Å². The molecule has 2 nitrogen and oxygen atoms in total. The lowest BCUT2D eigenvalue weighted by molar-refractivity contribution is 0.104. The number of allylic oxidation sites excluding steroid dienone is 1. The van der Waals surface area contributed by atoms with Crippen LogP contribution in [-0.2, 0) is 6.61 Å². The van der Waals surface area contributed by atoms with Crippen molar-refractivity contribution in [2.75, 3.05) is 0 Å². The minimum atomic E-state index is 0.00750. The van der Waals surface area contributed by atoms with Crippen LogP contribution in [0.3, 0.4) is 0 Å². The molecule has 0 aliphatic rings. The van der Waals surface area contributed by atoms with Crippen molar-refractivity contribution >= 4 is 11.9 Å². The third-order valence-corrected chi connectivity index (χ3v) is 3.86. The molecule has 0 aromatic heterocycles. The average Bonchev–Trinajstić information content (AvgIpc) is 2.66. The standard InChI is InChI=1S/C23H20O2/c1-18-6-5-9-21(16-18)23(24)15-12-19-10-13-22(14-11-19)25-17-20-7-3-2-4-8-20/h2-16H,17H2,1H3. The van der Waals surface area contributed by atoms with Gasteiger partial charge in [0.2, 0.25) is 0 Å². The van der Waals surface area contributed by atoms with Gasteiger partial charge in [-0.15, -0.1) is 0 Å². The third-order valence-electron chi connectivity index (χ3n) is 3.86. The summed E-state index contributed by atoms with van der Waals surface area (Å²) in [5, 5.41) is 0. The molecule has 0 aliphatic heterocycles. The van der Waals surface area contributed by atoms with E-state index in [1.54, 1.807) is 6.08 Å². The molecule has 0 bridgehead atoms. The van der Waals surface area contributed by atoms with Gasteiger partial charge in [0, 0.05) is 5.56 Å². The van der Waals surface area contributed by atoms with Gasteiger partial charge in [0.05, 0.1) is 0 Å². The van der Waals surface area contributed by atoms with Gasteiger partial charge in [-0.2, -0.15) is 0 Å². The number of rotatable bonds is 6. The Hall–Kier alpha value is -3.13. The SMILES string of the molecule is Cc1cccc(C(=O)C=Cc2ccc(OCc3ccccc3)cc2)c1. The molecule has 0 N–H and O–H groups in total. The van der Waals surface area contributed by atoms with Crippen molar-refractivity contribution in [1.29, 1.82) is 0 Å². The molecule has 2 heteroatoms. The van der Waals surface area contributed by atoms with E-state index in [4.69, 9.17) is 4.74 Å². The van der Waals surface area contributed by atoms with Crippen LogP contribution in [-0.4, -0.2) is 5.78 Å². The lowest BCUT2D eigenvalue weighted by atomic mass is 10.1. The minimum absolute atomic E-state index is 0.00750. The molecule has 3 aromatic carbocycles. The first kappa shape index (κ1) is 16.7. The number of benzene rings is 3. The van der Waals surface area contributed by atoms with Gasteiger partial charge in [-0.25, -0.2) is 0 Å². The molecular formula is C23H20O2. The van der Waals surface area contributed by atoms with Crippen molar-refractivity contribution in [3.63, 3.8) is 0 Å². The topological polar surface area (TPSA) is 26.3 Å². The molecule has 0 fully saturated rings. The molecule has 25 heavy (non-hydrogen) atoms. The second-order valence-electron chi connectivity index (χ2n) is 5.91. The Bertz CT molecular complexity index is 862. The number of hydrogen-bond acceptors (Lipinski definition) is 2. The summed E-state index contributed by atoms with van der Waals surface area (Å²) in [5.41, 5.74) is 3.89. The largest absolute Gasteiger partial charge is 0.489 e. The summed E-state index contributed by atoms with van der Waals surface area (Å²) in [7, 11) is 0. The fourth-order valence-electron chi connectivity index (χ4n) is 2.48. The first-order valence-electron chi connectivity index (χ1n) is 8.26. The summed E-state index contributed by atoms with van der Waals surface area (Å²) >= 11 is 0. The first-order valence-corrected chi connectivity index (χ1v) is 8.26. The van der Waals surface area contributed by atoms with Crippen LogP contribution in [0.4, 0.5) is 0 Å². The van der Waals surface area contributed by atoms with E-state index in [1.165, 1.54) is 0 Å². The number of ketones is 1. The van der Waals surface area contributed by atoms with E-state index < -0.39 is 0 Å². The molecule has 0 aliphatic carbocycles. The van der Waals surface area contributed by atoms with Crippen LogP contribution in [0, 0.1) is 6.92 Å². The van der Waals surface area contributed by atoms with Gasteiger partial charge in [-0.05, 0) is 42.3 Å². The highest BCUT2D eigenvalue weighted by atomic mass is 16.5. The highest BCUT2D eigenvalue weighted by Crippen LogP contribution is 2.15. The van der Waals surface area contributed by atoms with Gasteiger partial charge in [-0.1, -0.05) is 72.3 Å². The number of hydrogen-bond donors (Lipinski definition) is 0. The highest BCUT2D eigenvalue weighted by Gasteiger charge is 2.01. The number of carbonyl (C=O) groups is 1. The molecule has 0 saturated heterocycles. The van der Waals surface area contributed by atoms with E-state index in [1.807, 2.05) is 91.9 Å². The maximum Gasteiger partial charge on any atom is 0.185 e. The molecule has 0 unspecified atom stereocenters. The van der Waals surface area contributed by atoms with Crippen LogP contribution in [0.25, 0.3) is 6.08 Å². The zero-order valence-corrected chi connectivity index (χ0v) is 14.2. The predicted octanol–water partition coefficient (Wildman–Crippen LogP) is 5.47. The van der Waals surface area contributed by atoms with E-state index in [0.29, 0.717) is 12.2 Å². The number of ether oxygens (including phenoxy) is 1. The summed E-state index contributed by atoms with van der Waals surface area (Å²) in [6, 6.07) is 25.4. The summed E-state index contributed by atoms with van der Waals surface area (Å²) < 4.78 is 5.76. The fraction of sp³-hybridized carbons (Fsp3) is 0.0870. The molecule has 0 radical (unpaired) electrons. The Labute approximate surface area is 148 Å². The van der Waals surface area contributed by atoms with Gasteiger partial charge in [0.1, 0.15) is 12.4 Å². The van der Waals surface area contributed by atoms with Gasteiger partial charge < -0.3 is 4.74 Å². The quantitative estimate of drug-likeness (QED) is 0.443. The Morgan fingerprint density at radius 3 is 2.40 bits per heavy atom. The predicted molar refractivity (Wildman–Crippen MR) is 102 cm³/mol. The highest BCUT2D eigenvalue weighted by molar-refractivity contribution is 6.06. The average molecular weight is 328 g/mol. The normalized spacial score (nSPS) is 10.8. The van der Waals surface area contributed by atoms with Gasteiger partial charge in [-0.3, -0.25) is 4.79 Å². The molecule has 0 saturated carbocycles. The summed E-state index contributed by atoms with van der Waals surface area (Å²) in [6.07, 6.45) is 3.43. The monoisotopic (exact) mass is 328 g/mol. The zero-order valence-electron chi connectivity index (χ0n) is 14.2. The van der Waals surface area contributed by atoms with Crippen LogP contribution in [0.1, 0.15) is 27.0 Å². The van der Waals surface area contributed by atoms with Crippen molar-refractivity contribution in [3.05, 3.63) is 107 Å². The number of carbonyl (C=O) groups excluding carboxylic acids is 1. The Morgan fingerprint density at radius 1 is 0.920 bits per heavy atom. The van der Waals surface area contributed by atoms with E-state index in [0.717, 1.165) is 22.4 Å². The van der Waals surface area contributed by atoms with Gasteiger partial charge in [0.15, 0.2) is 5.78 Å². The molecular weight excluding hydrogens is 308 g/mol. The Balaban J connectivity index is 1.59. The second kappa shape index (κ2) is 8.11. The minimum Gasteiger partial charge on any atom is -0.489 e. The van der Waals surface area contributed by atoms with E-state index >= 15 is 0 Å². The zero-order chi connectivity index (χ0) is 17.5. The van der Waals surface area contributed by atoms with Gasteiger partial charge >= 0.3 is 0 Å². The molecule has 0 atom stereocenters. The third kappa shape index (κ3) is 4.92. The smallest absolute Gasteiger partial charge is 0.185 e. The maximum absolute atomic E-state index is 12.2. The lowest BCUT2D eigenvalue weighted by Crippen LogP contribution is -1.95. The summed E-state index contributed by atoms with van der Waals surface area (Å²) in [5.74, 6) is 0.819. The molecule has 0 amide bonds. The Kier molecular flexibility index (Phi) is 5.43. The summed E-state index contributed by atoms with van der Waals surface area (Å²) in [4.78, 5) is 12.2. The number of aryl methyl sites for hydroxylation is 1. The van der Waals surface area contributed by atoms with Crippen molar-refractivity contribution in [1.82, 2.24) is 0 Å². The van der Waals surface area contributed by atoms with Crippen molar-refractivity contribution in [3.8, 4) is 5.75 Å². The van der Waals surface area contributed by atoms with E-state index in [9.17, 15) is 4.79 Å². The van der Waals surface area contributed by atoms with Crippen molar-refractivity contribution in [2.45, 2.75) is 13.5 Å². The van der Waals surface area contributed by atoms with Crippen LogP contribution in [0.2, 0.25) is 0 Å². The molecule has 3 aromatic rings. The molecule has 124 valence electrons. The lowest BCUT2D eigenvalue weighted by Gasteiger charge is -2.06. The van der Waals surface area contributed by atoms with E-state index in [-0.39, 0.29) is 5.78 Å². The van der Waals surface area contributed by atoms with Crippen LogP contribution < -0.4 is 4.74 Å². The van der Waals surface area contributed by atoms with Crippen molar-refractivity contribution in [2.24, 2.45) is 0 Å². The molecule has 0 heterocycles. The van der Waals surface area contributed by atoms with Gasteiger partial charge in [0.25, 0.3) is 0 Å². The first-order chi connectivity index (χ1) is 12.2. The maximum atomic E-state index is 12.2. The summed E-state index contributed by atoms with van der Waals surface area (Å²) in [6.45, 7) is 2.52. The van der Waals surface area contributed by atoms with E-state index in [2.05, 4.69) is 0 Å². The fourth-order valence-corrected chi connectivity index (χ4v) is 2.48. The van der Waals surface area contributed by atoms with Crippen LogP contribution in [0.5, 0.6) is 5.75 Å². The van der Waals surface area contributed by atoms with Crippen LogP contribution in [0.15, 0.2) is 84.9 Å². The molecule has 3 rings (SSSR count). The molecule has 0 spiro atoms. The Morgan fingerprint density at radius 2 is 1.68 bits per heavy atom.